The first kappa shape index (κ1) is 22.0. The summed E-state index contributed by atoms with van der Waals surface area (Å²) in [6.07, 6.45) is 5.78. The summed E-state index contributed by atoms with van der Waals surface area (Å²) in [4.78, 5) is 12.7. The van der Waals surface area contributed by atoms with Crippen molar-refractivity contribution in [3.8, 4) is 17.2 Å². The molecule has 4 nitrogen and oxygen atoms in total. The van der Waals surface area contributed by atoms with E-state index < -0.39 is 0 Å². The van der Waals surface area contributed by atoms with Crippen molar-refractivity contribution < 1.29 is 19.0 Å². The minimum atomic E-state index is -0.120. The van der Waals surface area contributed by atoms with Crippen LogP contribution in [-0.4, -0.2) is 19.0 Å². The second-order valence-electron chi connectivity index (χ2n) is 6.35. The lowest BCUT2D eigenvalue weighted by Gasteiger charge is -2.16. The van der Waals surface area contributed by atoms with E-state index in [9.17, 15) is 4.79 Å². The van der Waals surface area contributed by atoms with E-state index >= 15 is 0 Å². The normalized spacial score (nSPS) is 10.6. The summed E-state index contributed by atoms with van der Waals surface area (Å²) in [5.74, 6) is 2.51. The topological polar surface area (TPSA) is 44.8 Å². The van der Waals surface area contributed by atoms with Gasteiger partial charge in [0.15, 0.2) is 5.78 Å². The molecule has 2 rings (SSSR count). The molecule has 0 spiro atoms. The number of ether oxygens (including phenoxy) is 3. The summed E-state index contributed by atoms with van der Waals surface area (Å²) in [5, 5.41) is 0. The van der Waals surface area contributed by atoms with E-state index in [-0.39, 0.29) is 5.78 Å². The van der Waals surface area contributed by atoms with Crippen LogP contribution in [-0.2, 0) is 6.42 Å². The fourth-order valence-electron chi connectivity index (χ4n) is 2.84. The average Bonchev–Trinajstić information content (AvgIpc) is 2.69. The number of carbonyl (C=O) groups excluding carboxylic acids is 1. The number of carbonyl (C=O) groups is 1. The van der Waals surface area contributed by atoms with Gasteiger partial charge in [-0.1, -0.05) is 18.7 Å². The van der Waals surface area contributed by atoms with Crippen molar-refractivity contribution in [1.82, 2.24) is 0 Å². The van der Waals surface area contributed by atoms with Crippen LogP contribution in [0, 0.1) is 0 Å². The van der Waals surface area contributed by atoms with Gasteiger partial charge in [-0.05, 0) is 75.2 Å². The Morgan fingerprint density at radius 3 is 2.31 bits per heavy atom. The lowest BCUT2D eigenvalue weighted by molar-refractivity contribution is 0.104. The van der Waals surface area contributed by atoms with Gasteiger partial charge in [0, 0.05) is 5.56 Å². The Balaban J connectivity index is 2.35. The zero-order valence-electron chi connectivity index (χ0n) is 17.4. The molecule has 0 unspecified atom stereocenters. The van der Waals surface area contributed by atoms with Gasteiger partial charge in [0.05, 0.1) is 24.5 Å². The summed E-state index contributed by atoms with van der Waals surface area (Å²) in [6.45, 7) is 14.2. The lowest BCUT2D eigenvalue weighted by Crippen LogP contribution is -2.03. The number of hydrogen-bond acceptors (Lipinski definition) is 4. The van der Waals surface area contributed by atoms with Gasteiger partial charge in [0.25, 0.3) is 0 Å². The minimum absolute atomic E-state index is 0.120. The molecule has 0 aromatic heterocycles. The summed E-state index contributed by atoms with van der Waals surface area (Å²) in [5.41, 5.74) is 2.32. The molecule has 0 atom stereocenters. The molecule has 0 aliphatic carbocycles. The van der Waals surface area contributed by atoms with E-state index in [0.717, 1.165) is 11.1 Å². The lowest BCUT2D eigenvalue weighted by atomic mass is 10.0. The van der Waals surface area contributed by atoms with Gasteiger partial charge < -0.3 is 14.2 Å². The molecular formula is C25H28O4. The highest BCUT2D eigenvalue weighted by Gasteiger charge is 2.14. The first-order valence-electron chi connectivity index (χ1n) is 9.68. The molecular weight excluding hydrogens is 364 g/mol. The predicted molar refractivity (Wildman–Crippen MR) is 118 cm³/mol. The predicted octanol–water partition coefficient (Wildman–Crippen LogP) is 6.02. The van der Waals surface area contributed by atoms with Gasteiger partial charge in [-0.3, -0.25) is 4.79 Å². The molecule has 0 aliphatic rings. The first-order valence-corrected chi connectivity index (χ1v) is 9.68. The first-order chi connectivity index (χ1) is 14.0. The van der Waals surface area contributed by atoms with Crippen molar-refractivity contribution in [3.05, 3.63) is 84.2 Å². The third kappa shape index (κ3) is 6.11. The van der Waals surface area contributed by atoms with Crippen LogP contribution in [0.25, 0.3) is 6.08 Å². The Hall–Kier alpha value is -3.27. The Morgan fingerprint density at radius 2 is 1.72 bits per heavy atom. The van der Waals surface area contributed by atoms with Crippen molar-refractivity contribution in [3.63, 3.8) is 0 Å². The van der Waals surface area contributed by atoms with Gasteiger partial charge in [-0.2, -0.15) is 0 Å². The van der Waals surface area contributed by atoms with Gasteiger partial charge in [0.2, 0.25) is 0 Å². The zero-order valence-corrected chi connectivity index (χ0v) is 17.4. The van der Waals surface area contributed by atoms with Crippen LogP contribution in [0.4, 0.5) is 0 Å². The Kier molecular flexibility index (Phi) is 8.28. The molecule has 0 saturated heterocycles. The smallest absolute Gasteiger partial charge is 0.185 e. The van der Waals surface area contributed by atoms with E-state index in [1.54, 1.807) is 37.3 Å². The Labute approximate surface area is 173 Å². The molecule has 0 bridgehead atoms. The highest BCUT2D eigenvalue weighted by atomic mass is 16.5. The molecule has 0 radical (unpaired) electrons. The van der Waals surface area contributed by atoms with E-state index in [2.05, 4.69) is 13.2 Å². The van der Waals surface area contributed by atoms with Crippen LogP contribution in [0.2, 0.25) is 0 Å². The molecule has 29 heavy (non-hydrogen) atoms. The van der Waals surface area contributed by atoms with Crippen LogP contribution in [0.3, 0.4) is 0 Å². The summed E-state index contributed by atoms with van der Waals surface area (Å²) in [7, 11) is 0. The second kappa shape index (κ2) is 10.9. The molecule has 0 heterocycles. The van der Waals surface area contributed by atoms with Gasteiger partial charge >= 0.3 is 0 Å². The maximum Gasteiger partial charge on any atom is 0.185 e. The molecule has 2 aromatic rings. The maximum absolute atomic E-state index is 12.7. The molecule has 0 saturated carbocycles. The molecule has 0 amide bonds. The zero-order chi connectivity index (χ0) is 21.2. The summed E-state index contributed by atoms with van der Waals surface area (Å²) in [6, 6.07) is 10.8. The highest BCUT2D eigenvalue weighted by Crippen LogP contribution is 2.34. The summed E-state index contributed by atoms with van der Waals surface area (Å²) >= 11 is 0. The van der Waals surface area contributed by atoms with Crippen molar-refractivity contribution in [2.24, 2.45) is 0 Å². The van der Waals surface area contributed by atoms with E-state index in [1.165, 1.54) is 6.08 Å². The van der Waals surface area contributed by atoms with Crippen LogP contribution in [0.15, 0.2) is 67.5 Å². The van der Waals surface area contributed by atoms with Crippen molar-refractivity contribution in [2.75, 3.05) is 13.2 Å². The molecule has 4 heteroatoms. The van der Waals surface area contributed by atoms with Crippen molar-refractivity contribution in [1.29, 1.82) is 0 Å². The molecule has 2 aromatic carbocycles. The number of allylic oxidation sites excluding steroid dienone is 3. The molecule has 0 fully saturated rings. The van der Waals surface area contributed by atoms with Gasteiger partial charge in [0.1, 0.15) is 17.2 Å². The van der Waals surface area contributed by atoms with Crippen LogP contribution in [0.1, 0.15) is 42.3 Å². The standard InChI is InChI=1S/C25H28O4/c1-6-9-20-12-17-24(27-7-2)22(25(20)28-8-3)15-16-23(26)19-10-13-21(14-11-19)29-18(4)5/h6,10-17H,1,4,7-9H2,2-3,5H3. The largest absolute Gasteiger partial charge is 0.493 e. The van der Waals surface area contributed by atoms with E-state index in [1.807, 2.05) is 32.1 Å². The SMILES string of the molecule is C=CCc1ccc(OCC)c(C=CC(=O)c2ccc(OC(=C)C)cc2)c1OCC. The number of hydrogen-bond donors (Lipinski definition) is 0. The minimum Gasteiger partial charge on any atom is -0.493 e. The third-order valence-electron chi connectivity index (χ3n) is 4.02. The van der Waals surface area contributed by atoms with Crippen molar-refractivity contribution in [2.45, 2.75) is 27.2 Å². The van der Waals surface area contributed by atoms with Gasteiger partial charge in [-0.15, -0.1) is 6.58 Å². The number of ketones is 1. The van der Waals surface area contributed by atoms with E-state index in [0.29, 0.717) is 48.2 Å². The Bertz CT molecular complexity index is 892. The fraction of sp³-hybridized carbons (Fsp3) is 0.240. The summed E-state index contributed by atoms with van der Waals surface area (Å²) < 4.78 is 17.1. The average molecular weight is 392 g/mol. The van der Waals surface area contributed by atoms with Crippen LogP contribution in [0.5, 0.6) is 17.2 Å². The quantitative estimate of drug-likeness (QED) is 0.203. The monoisotopic (exact) mass is 392 g/mol. The van der Waals surface area contributed by atoms with Gasteiger partial charge in [-0.25, -0.2) is 0 Å². The maximum atomic E-state index is 12.7. The third-order valence-corrected chi connectivity index (χ3v) is 4.02. The molecule has 152 valence electrons. The number of rotatable bonds is 11. The highest BCUT2D eigenvalue weighted by molar-refractivity contribution is 6.07. The fourth-order valence-corrected chi connectivity index (χ4v) is 2.84. The Morgan fingerprint density at radius 1 is 1.03 bits per heavy atom. The van der Waals surface area contributed by atoms with E-state index in [4.69, 9.17) is 14.2 Å². The second-order valence-corrected chi connectivity index (χ2v) is 6.35. The van der Waals surface area contributed by atoms with Crippen LogP contribution < -0.4 is 14.2 Å². The molecule has 0 aliphatic heterocycles. The number of benzene rings is 2. The van der Waals surface area contributed by atoms with Crippen molar-refractivity contribution >= 4 is 11.9 Å². The van der Waals surface area contributed by atoms with Crippen LogP contribution >= 0.6 is 0 Å². The molecule has 0 N–H and O–H groups in total.